The Labute approximate surface area is 191 Å². The van der Waals surface area contributed by atoms with Crippen LogP contribution in [0.5, 0.6) is 0 Å². The zero-order chi connectivity index (χ0) is 23.6. The number of nitrogens with zero attached hydrogens (tertiary/aromatic N) is 4. The number of rotatable bonds is 6. The number of carbonyl (C=O) groups excluding carboxylic acids is 2. The molecule has 0 aliphatic heterocycles. The van der Waals surface area contributed by atoms with Crippen molar-refractivity contribution in [2.75, 3.05) is 5.73 Å². The summed E-state index contributed by atoms with van der Waals surface area (Å²) in [6.07, 6.45) is 1.29. The molecule has 2 heterocycles. The molecule has 3 rings (SSSR count). The van der Waals surface area contributed by atoms with Gasteiger partial charge >= 0.3 is 5.97 Å². The molecule has 0 aliphatic carbocycles. The van der Waals surface area contributed by atoms with E-state index in [4.69, 9.17) is 22.1 Å². The van der Waals surface area contributed by atoms with Crippen molar-refractivity contribution in [3.8, 4) is 0 Å². The summed E-state index contributed by atoms with van der Waals surface area (Å²) in [5.41, 5.74) is 7.48. The highest BCUT2D eigenvalue weighted by molar-refractivity contribution is 6.29. The van der Waals surface area contributed by atoms with Crippen LogP contribution in [0.4, 0.5) is 5.82 Å². The lowest BCUT2D eigenvalue weighted by molar-refractivity contribution is -0.676. The molecular weight excluding hydrogens is 432 g/mol. The third kappa shape index (κ3) is 4.83. The summed E-state index contributed by atoms with van der Waals surface area (Å²) in [6.45, 7) is 11.1. The average Bonchev–Trinajstić information content (AvgIpc) is 3.04. The maximum Gasteiger partial charge on any atom is 0.338 e. The second-order valence-electron chi connectivity index (χ2n) is 8.22. The number of imidazole rings is 1. The van der Waals surface area contributed by atoms with Gasteiger partial charge in [-0.25, -0.2) is 23.9 Å². The monoisotopic (exact) mass is 459 g/mol. The molecule has 3 N–H and O–H groups in total. The molecule has 0 fully saturated rings. The summed E-state index contributed by atoms with van der Waals surface area (Å²) in [7, 11) is 0. The van der Waals surface area contributed by atoms with E-state index in [2.05, 4.69) is 24.4 Å². The summed E-state index contributed by atoms with van der Waals surface area (Å²) in [6, 6.07) is 5.48. The standard InChI is InChI=1S/C22H27ClN6O3/c1-6-28-14-9-8-13(21(31)32-22(3,4)5)10-15(14)29(7-2)17(28)12-26-20(30)18-19(24)25-11-16(23)27-18/h8-11H,6-7,12H2,1-5H3,(H2-,24,25,26,30)/p+1. The Balaban J connectivity index is 1.96. The lowest BCUT2D eigenvalue weighted by Crippen LogP contribution is -2.40. The van der Waals surface area contributed by atoms with E-state index in [9.17, 15) is 9.59 Å². The molecule has 9 nitrogen and oxygen atoms in total. The van der Waals surface area contributed by atoms with Gasteiger partial charge in [-0.2, -0.15) is 0 Å². The SMILES string of the molecule is CCn1c(CNC(=O)c2nc(Cl)cnc2N)[n+](CC)c2ccc(C(=O)OC(C)(C)C)cc21. The topological polar surface area (TPSA) is 116 Å². The van der Waals surface area contributed by atoms with Crippen molar-refractivity contribution < 1.29 is 18.9 Å². The highest BCUT2D eigenvalue weighted by atomic mass is 35.5. The minimum Gasteiger partial charge on any atom is -0.456 e. The Bertz CT molecular complexity index is 1180. The summed E-state index contributed by atoms with van der Waals surface area (Å²) in [5, 5.41) is 2.94. The number of hydrogen-bond acceptors (Lipinski definition) is 6. The molecule has 0 aliphatic rings. The number of ether oxygens (including phenoxy) is 1. The predicted molar refractivity (Wildman–Crippen MR) is 121 cm³/mol. The van der Waals surface area contributed by atoms with Crippen LogP contribution in [0.2, 0.25) is 5.15 Å². The van der Waals surface area contributed by atoms with Gasteiger partial charge in [0.15, 0.2) is 22.5 Å². The van der Waals surface area contributed by atoms with Crippen molar-refractivity contribution in [2.45, 2.75) is 59.9 Å². The van der Waals surface area contributed by atoms with E-state index in [1.807, 2.05) is 46.8 Å². The first kappa shape index (κ1) is 23.5. The van der Waals surface area contributed by atoms with Crippen LogP contribution < -0.4 is 15.6 Å². The highest BCUT2D eigenvalue weighted by Gasteiger charge is 2.26. The van der Waals surface area contributed by atoms with Gasteiger partial charge in [0, 0.05) is 6.07 Å². The molecule has 32 heavy (non-hydrogen) atoms. The number of nitrogens with two attached hydrogens (primary N) is 1. The highest BCUT2D eigenvalue weighted by Crippen LogP contribution is 2.20. The zero-order valence-corrected chi connectivity index (χ0v) is 19.7. The van der Waals surface area contributed by atoms with Crippen molar-refractivity contribution in [1.29, 1.82) is 0 Å². The molecule has 0 unspecified atom stereocenters. The van der Waals surface area contributed by atoms with Gasteiger partial charge in [-0.1, -0.05) is 11.6 Å². The molecule has 0 radical (unpaired) electrons. The second kappa shape index (κ2) is 9.12. The second-order valence-corrected chi connectivity index (χ2v) is 8.61. The molecule has 2 aromatic heterocycles. The van der Waals surface area contributed by atoms with E-state index >= 15 is 0 Å². The first-order chi connectivity index (χ1) is 15.1. The van der Waals surface area contributed by atoms with Crippen LogP contribution in [-0.4, -0.2) is 32.0 Å². The van der Waals surface area contributed by atoms with E-state index in [0.29, 0.717) is 18.7 Å². The number of benzene rings is 1. The Morgan fingerprint density at radius 1 is 1.28 bits per heavy atom. The van der Waals surface area contributed by atoms with Gasteiger partial charge in [0.25, 0.3) is 11.7 Å². The number of halogens is 1. The predicted octanol–water partition coefficient (Wildman–Crippen LogP) is 2.88. The van der Waals surface area contributed by atoms with E-state index in [1.165, 1.54) is 6.20 Å². The molecule has 1 aromatic carbocycles. The largest absolute Gasteiger partial charge is 0.456 e. The van der Waals surface area contributed by atoms with E-state index in [-0.39, 0.29) is 29.2 Å². The Morgan fingerprint density at radius 3 is 2.62 bits per heavy atom. The van der Waals surface area contributed by atoms with Gasteiger partial charge in [-0.15, -0.1) is 0 Å². The number of fused-ring (bicyclic) bond motifs is 1. The van der Waals surface area contributed by atoms with Crippen LogP contribution >= 0.6 is 11.6 Å². The van der Waals surface area contributed by atoms with Crippen molar-refractivity contribution in [3.63, 3.8) is 0 Å². The van der Waals surface area contributed by atoms with Crippen LogP contribution in [0, 0.1) is 0 Å². The van der Waals surface area contributed by atoms with E-state index < -0.39 is 11.5 Å². The minimum absolute atomic E-state index is 0.00769. The molecule has 0 spiro atoms. The number of aryl methyl sites for hydroxylation is 2. The van der Waals surface area contributed by atoms with E-state index in [0.717, 1.165) is 16.9 Å². The first-order valence-corrected chi connectivity index (χ1v) is 10.8. The Hall–Kier alpha value is -3.20. The van der Waals surface area contributed by atoms with Gasteiger partial charge in [-0.3, -0.25) is 4.79 Å². The molecule has 1 amide bonds. The number of anilines is 1. The Morgan fingerprint density at radius 2 is 2.00 bits per heavy atom. The number of hydrogen-bond donors (Lipinski definition) is 2. The van der Waals surface area contributed by atoms with Crippen LogP contribution in [-0.2, 0) is 24.4 Å². The molecule has 0 saturated carbocycles. The van der Waals surface area contributed by atoms with Gasteiger partial charge in [0.2, 0.25) is 0 Å². The lowest BCUT2D eigenvalue weighted by atomic mass is 10.1. The van der Waals surface area contributed by atoms with Crippen LogP contribution in [0.1, 0.15) is 61.3 Å². The maximum absolute atomic E-state index is 12.6. The maximum atomic E-state index is 12.6. The Kier molecular flexibility index (Phi) is 6.68. The fourth-order valence-electron chi connectivity index (χ4n) is 3.54. The summed E-state index contributed by atoms with van der Waals surface area (Å²) < 4.78 is 9.65. The van der Waals surface area contributed by atoms with Gasteiger partial charge in [-0.05, 0) is 46.8 Å². The molecular formula is C22H28ClN6O3+. The minimum atomic E-state index is -0.581. The number of aromatic nitrogens is 4. The van der Waals surface area contributed by atoms with Crippen LogP contribution in [0.25, 0.3) is 11.0 Å². The normalized spacial score (nSPS) is 11.6. The number of amides is 1. The van der Waals surface area contributed by atoms with Gasteiger partial charge in [0.1, 0.15) is 17.3 Å². The zero-order valence-electron chi connectivity index (χ0n) is 18.9. The lowest BCUT2D eigenvalue weighted by Gasteiger charge is -2.19. The summed E-state index contributed by atoms with van der Waals surface area (Å²) >= 11 is 5.85. The molecule has 10 heteroatoms. The summed E-state index contributed by atoms with van der Waals surface area (Å²) in [5.74, 6) is 0.0280. The van der Waals surface area contributed by atoms with Gasteiger partial charge in [0.05, 0.1) is 24.8 Å². The molecule has 3 aromatic rings. The number of nitrogens with one attached hydrogen (secondary N) is 1. The first-order valence-electron chi connectivity index (χ1n) is 10.4. The van der Waals surface area contributed by atoms with Crippen molar-refractivity contribution >= 4 is 40.3 Å². The van der Waals surface area contributed by atoms with E-state index in [1.54, 1.807) is 6.07 Å². The number of nitrogen functional groups attached to an aromatic ring is 1. The fraction of sp³-hybridized carbons (Fsp3) is 0.409. The van der Waals surface area contributed by atoms with Gasteiger partial charge < -0.3 is 15.8 Å². The third-order valence-corrected chi connectivity index (χ3v) is 5.02. The summed E-state index contributed by atoms with van der Waals surface area (Å²) in [4.78, 5) is 33.1. The van der Waals surface area contributed by atoms with Crippen molar-refractivity contribution in [1.82, 2.24) is 19.9 Å². The average molecular weight is 460 g/mol. The molecule has 0 bridgehead atoms. The quantitative estimate of drug-likeness (QED) is 0.432. The third-order valence-electron chi connectivity index (χ3n) is 4.84. The smallest absolute Gasteiger partial charge is 0.338 e. The molecule has 170 valence electrons. The van der Waals surface area contributed by atoms with Crippen LogP contribution in [0.15, 0.2) is 24.4 Å². The van der Waals surface area contributed by atoms with Crippen molar-refractivity contribution in [3.05, 3.63) is 46.6 Å². The molecule has 0 atom stereocenters. The van der Waals surface area contributed by atoms with Crippen LogP contribution in [0.3, 0.4) is 0 Å². The molecule has 0 saturated heterocycles. The number of carbonyl (C=O) groups is 2. The number of esters is 1. The van der Waals surface area contributed by atoms with Crippen molar-refractivity contribution in [2.24, 2.45) is 0 Å². The fourth-order valence-corrected chi connectivity index (χ4v) is 3.67.